The molecule has 13 heteroatoms. The molecule has 0 bridgehead atoms. The summed E-state index contributed by atoms with van der Waals surface area (Å²) in [6.45, 7) is 3.01. The van der Waals surface area contributed by atoms with Crippen molar-refractivity contribution in [1.82, 2.24) is 20.3 Å². The maximum atomic E-state index is 14.2. The van der Waals surface area contributed by atoms with Crippen LogP contribution >= 0.6 is 0 Å². The van der Waals surface area contributed by atoms with E-state index >= 15 is 0 Å². The molecular weight excluding hydrogens is 502 g/mol. The monoisotopic (exact) mass is 531 g/mol. The number of rotatable bonds is 8. The first-order valence-corrected chi connectivity index (χ1v) is 13.3. The van der Waals surface area contributed by atoms with Crippen molar-refractivity contribution in [3.8, 4) is 0 Å². The van der Waals surface area contributed by atoms with Crippen LogP contribution in [-0.4, -0.2) is 38.8 Å². The van der Waals surface area contributed by atoms with Crippen LogP contribution in [0, 0.1) is 11.7 Å². The van der Waals surface area contributed by atoms with Crippen molar-refractivity contribution in [2.75, 3.05) is 24.2 Å². The van der Waals surface area contributed by atoms with Crippen molar-refractivity contribution in [2.24, 2.45) is 5.92 Å². The minimum Gasteiger partial charge on any atom is -0.356 e. The van der Waals surface area contributed by atoms with Crippen LogP contribution in [0.1, 0.15) is 42.1 Å². The van der Waals surface area contributed by atoms with E-state index in [9.17, 15) is 30.8 Å². The fourth-order valence-corrected chi connectivity index (χ4v) is 4.16. The molecule has 1 aromatic carbocycles. The number of pyridine rings is 1. The van der Waals surface area contributed by atoms with E-state index in [1.165, 1.54) is 18.2 Å². The van der Waals surface area contributed by atoms with Crippen LogP contribution in [0.25, 0.3) is 0 Å². The summed E-state index contributed by atoms with van der Waals surface area (Å²) in [7, 11) is -3.47. The number of carbonyl (C=O) groups is 1. The van der Waals surface area contributed by atoms with Crippen LogP contribution in [0.2, 0.25) is 0 Å². The van der Waals surface area contributed by atoms with Gasteiger partial charge in [-0.2, -0.15) is 13.2 Å². The Hall–Kier alpha value is -2.93. The van der Waals surface area contributed by atoms with Crippen LogP contribution < -0.4 is 20.3 Å². The number of urea groups is 1. The minimum absolute atomic E-state index is 0.00926. The van der Waals surface area contributed by atoms with E-state index in [2.05, 4.69) is 27.3 Å². The van der Waals surface area contributed by atoms with E-state index < -0.39 is 33.7 Å². The molecule has 0 aliphatic carbocycles. The summed E-state index contributed by atoms with van der Waals surface area (Å²) >= 11 is 0. The second-order valence-corrected chi connectivity index (χ2v) is 10.7. The summed E-state index contributed by atoms with van der Waals surface area (Å²) in [5.74, 6) is 0.0637. The minimum atomic E-state index is -4.58. The molecule has 2 aromatic rings. The fraction of sp³-hybridized carbons (Fsp3) is 0.478. The Morgan fingerprint density at radius 1 is 1.06 bits per heavy atom. The smallest absolute Gasteiger partial charge is 0.356 e. The highest BCUT2D eigenvalue weighted by molar-refractivity contribution is 7.88. The van der Waals surface area contributed by atoms with Crippen LogP contribution in [0.5, 0.6) is 0 Å². The number of sulfonamides is 1. The molecule has 8 nitrogen and oxygen atoms in total. The second-order valence-electron chi connectivity index (χ2n) is 8.90. The zero-order valence-electron chi connectivity index (χ0n) is 20.0. The van der Waals surface area contributed by atoms with Crippen molar-refractivity contribution < 1.29 is 30.8 Å². The molecule has 0 saturated carbocycles. The lowest BCUT2D eigenvalue weighted by molar-refractivity contribution is -0.141. The van der Waals surface area contributed by atoms with Gasteiger partial charge in [-0.1, -0.05) is 25.1 Å². The van der Waals surface area contributed by atoms with Crippen LogP contribution in [0.4, 0.5) is 28.2 Å². The number of hydrogen-bond donors (Lipinski definition) is 3. The summed E-state index contributed by atoms with van der Waals surface area (Å²) in [6, 6.07) is 5.79. The molecule has 0 spiro atoms. The van der Waals surface area contributed by atoms with Crippen molar-refractivity contribution >= 4 is 21.9 Å². The average Bonchev–Trinajstić information content (AvgIpc) is 2.80. The first-order chi connectivity index (χ1) is 16.8. The Morgan fingerprint density at radius 3 is 2.31 bits per heavy atom. The Morgan fingerprint density at radius 2 is 1.69 bits per heavy atom. The van der Waals surface area contributed by atoms with Gasteiger partial charge in [0, 0.05) is 43.9 Å². The summed E-state index contributed by atoms with van der Waals surface area (Å²) in [4.78, 5) is 18.0. The highest BCUT2D eigenvalue weighted by Gasteiger charge is 2.34. The quantitative estimate of drug-likeness (QED) is 0.453. The predicted molar refractivity (Wildman–Crippen MR) is 127 cm³/mol. The lowest BCUT2D eigenvalue weighted by Crippen LogP contribution is -2.37. The van der Waals surface area contributed by atoms with Gasteiger partial charge in [0.25, 0.3) is 0 Å². The predicted octanol–water partition coefficient (Wildman–Crippen LogP) is 3.52. The van der Waals surface area contributed by atoms with E-state index in [0.717, 1.165) is 25.2 Å². The Kier molecular flexibility index (Phi) is 8.77. The fourth-order valence-electron chi connectivity index (χ4n) is 3.74. The second kappa shape index (κ2) is 11.4. The molecule has 0 atom stereocenters. The average molecular weight is 532 g/mol. The molecule has 36 heavy (non-hydrogen) atoms. The lowest BCUT2D eigenvalue weighted by atomic mass is 9.99. The van der Waals surface area contributed by atoms with Gasteiger partial charge in [0.05, 0.1) is 6.26 Å². The molecule has 1 aliphatic heterocycles. The van der Waals surface area contributed by atoms with Gasteiger partial charge in [-0.15, -0.1) is 0 Å². The first-order valence-electron chi connectivity index (χ1n) is 11.4. The van der Waals surface area contributed by atoms with Crippen molar-refractivity contribution in [1.29, 1.82) is 0 Å². The molecule has 1 aliphatic rings. The molecule has 0 unspecified atom stereocenters. The number of nitrogens with one attached hydrogen (secondary N) is 3. The molecule has 3 rings (SSSR count). The van der Waals surface area contributed by atoms with E-state index in [-0.39, 0.29) is 31.0 Å². The number of nitrogens with zero attached hydrogens (tertiary/aromatic N) is 2. The number of anilines is 1. The standard InChI is InChI=1S/C23H29F4N5O3S/c1-15-7-9-32(10-8-15)21-18(5-6-20(31-21)23(25,26)27)13-29-22(33)28-12-16-3-4-17(19(24)11-16)14-30-36(2,34)35/h3-6,11,15,30H,7-10,12-14H2,1-2H3,(H2,28,29,33). The first kappa shape index (κ1) is 27.7. The molecule has 3 N–H and O–H groups in total. The summed E-state index contributed by atoms with van der Waals surface area (Å²) in [6.07, 6.45) is -1.93. The lowest BCUT2D eigenvalue weighted by Gasteiger charge is -2.33. The number of alkyl halides is 3. The van der Waals surface area contributed by atoms with Crippen LogP contribution in [0.3, 0.4) is 0 Å². The molecule has 0 radical (unpaired) electrons. The SMILES string of the molecule is CC1CCN(c2nc(C(F)(F)F)ccc2CNC(=O)NCc2ccc(CNS(C)(=O)=O)c(F)c2)CC1. The van der Waals surface area contributed by atoms with Gasteiger partial charge in [0.1, 0.15) is 17.3 Å². The molecular formula is C23H29F4N5O3S. The van der Waals surface area contributed by atoms with E-state index in [1.807, 2.05) is 4.90 Å². The van der Waals surface area contributed by atoms with Crippen LogP contribution in [0.15, 0.2) is 30.3 Å². The number of carbonyl (C=O) groups excluding carboxylic acids is 1. The maximum Gasteiger partial charge on any atom is 0.433 e. The maximum absolute atomic E-state index is 14.2. The summed E-state index contributed by atoms with van der Waals surface area (Å²) in [5.41, 5.74) is 0.0798. The third-order valence-electron chi connectivity index (χ3n) is 5.86. The molecule has 1 aromatic heterocycles. The van der Waals surface area contributed by atoms with Gasteiger partial charge in [-0.25, -0.2) is 27.3 Å². The van der Waals surface area contributed by atoms with Gasteiger partial charge in [-0.05, 0) is 36.5 Å². The zero-order chi connectivity index (χ0) is 26.5. The third-order valence-corrected chi connectivity index (χ3v) is 6.53. The Bertz CT molecular complexity index is 1180. The Labute approximate surface area is 207 Å². The number of halogens is 4. The summed E-state index contributed by atoms with van der Waals surface area (Å²) < 4.78 is 78.5. The van der Waals surface area contributed by atoms with Crippen molar-refractivity contribution in [3.05, 3.63) is 58.5 Å². The van der Waals surface area contributed by atoms with Gasteiger partial charge < -0.3 is 15.5 Å². The third kappa shape index (κ3) is 8.05. The topological polar surface area (TPSA) is 103 Å². The van der Waals surface area contributed by atoms with E-state index in [0.29, 0.717) is 30.1 Å². The highest BCUT2D eigenvalue weighted by atomic mass is 32.2. The van der Waals surface area contributed by atoms with Gasteiger partial charge in [-0.3, -0.25) is 0 Å². The molecule has 198 valence electrons. The van der Waals surface area contributed by atoms with Gasteiger partial charge in [0.15, 0.2) is 0 Å². The zero-order valence-corrected chi connectivity index (χ0v) is 20.8. The Balaban J connectivity index is 1.60. The molecule has 1 saturated heterocycles. The highest BCUT2D eigenvalue weighted by Crippen LogP contribution is 2.32. The van der Waals surface area contributed by atoms with E-state index in [4.69, 9.17) is 0 Å². The number of piperidine rings is 1. The van der Waals surface area contributed by atoms with Crippen molar-refractivity contribution in [2.45, 2.75) is 45.6 Å². The molecule has 2 heterocycles. The normalized spacial score (nSPS) is 15.1. The molecule has 2 amide bonds. The van der Waals surface area contributed by atoms with Gasteiger partial charge in [0.2, 0.25) is 10.0 Å². The van der Waals surface area contributed by atoms with Gasteiger partial charge >= 0.3 is 12.2 Å². The molecule has 1 fully saturated rings. The summed E-state index contributed by atoms with van der Waals surface area (Å²) in [5, 5.41) is 5.18. The van der Waals surface area contributed by atoms with Crippen molar-refractivity contribution in [3.63, 3.8) is 0 Å². The van der Waals surface area contributed by atoms with E-state index in [1.54, 1.807) is 6.07 Å². The number of aromatic nitrogens is 1. The van der Waals surface area contributed by atoms with Crippen LogP contribution in [-0.2, 0) is 35.8 Å². The number of benzene rings is 1. The number of amides is 2. The number of hydrogen-bond acceptors (Lipinski definition) is 5. The largest absolute Gasteiger partial charge is 0.433 e.